The number of amidine groups is 1. The van der Waals surface area contributed by atoms with E-state index >= 15 is 0 Å². The van der Waals surface area contributed by atoms with Crippen molar-refractivity contribution in [1.82, 2.24) is 19.6 Å². The summed E-state index contributed by atoms with van der Waals surface area (Å²) in [5.41, 5.74) is -1.89. The number of aromatic nitrogens is 2. The first-order valence-corrected chi connectivity index (χ1v) is 13.5. The number of rotatable bonds is 6. The lowest BCUT2D eigenvalue weighted by molar-refractivity contribution is -0.143. The van der Waals surface area contributed by atoms with Crippen LogP contribution in [0.2, 0.25) is 0 Å². The van der Waals surface area contributed by atoms with E-state index in [0.29, 0.717) is 39.2 Å². The minimum Gasteiger partial charge on any atom is -0.383 e. The van der Waals surface area contributed by atoms with E-state index in [1.165, 1.54) is 22.6 Å². The van der Waals surface area contributed by atoms with Crippen LogP contribution < -0.4 is 0 Å². The number of ether oxygens (including phenoxy) is 1. The Labute approximate surface area is 235 Å². The van der Waals surface area contributed by atoms with Gasteiger partial charge < -0.3 is 9.64 Å². The third kappa shape index (κ3) is 6.60. The van der Waals surface area contributed by atoms with Gasteiger partial charge in [-0.25, -0.2) is 0 Å². The maximum Gasteiger partial charge on any atom is 0.416 e. The number of nitrogens with zero attached hydrogens (tertiary/aromatic N) is 5. The minimum absolute atomic E-state index is 0.124. The topological polar surface area (TPSA) is 63.0 Å². The molecule has 0 unspecified atom stereocenters. The Morgan fingerprint density at radius 2 is 1.76 bits per heavy atom. The molecule has 14 heteroatoms. The highest BCUT2D eigenvalue weighted by atomic mass is 32.2. The summed E-state index contributed by atoms with van der Waals surface area (Å²) in [6.45, 7) is 4.31. The zero-order valence-electron chi connectivity index (χ0n) is 21.8. The van der Waals surface area contributed by atoms with Gasteiger partial charge in [0.2, 0.25) is 0 Å². The second kappa shape index (κ2) is 11.5. The summed E-state index contributed by atoms with van der Waals surface area (Å²) in [5.74, 6) is -0.343. The van der Waals surface area contributed by atoms with Crippen LogP contribution in [-0.2, 0) is 28.4 Å². The van der Waals surface area contributed by atoms with Gasteiger partial charge in [-0.2, -0.15) is 36.4 Å². The fourth-order valence-corrected chi connectivity index (χ4v) is 5.67. The van der Waals surface area contributed by atoms with Gasteiger partial charge in [0.05, 0.1) is 40.9 Å². The molecule has 5 rings (SSSR count). The van der Waals surface area contributed by atoms with Crippen molar-refractivity contribution in [1.29, 1.82) is 0 Å². The number of halogens is 6. The van der Waals surface area contributed by atoms with Crippen molar-refractivity contribution in [3.8, 4) is 0 Å². The van der Waals surface area contributed by atoms with Gasteiger partial charge in [0.1, 0.15) is 0 Å². The Hall–Kier alpha value is -3.36. The Morgan fingerprint density at radius 3 is 2.44 bits per heavy atom. The van der Waals surface area contributed by atoms with Gasteiger partial charge in [0.25, 0.3) is 5.91 Å². The van der Waals surface area contributed by atoms with Gasteiger partial charge in [0, 0.05) is 45.2 Å². The van der Waals surface area contributed by atoms with Gasteiger partial charge in [-0.3, -0.25) is 14.4 Å². The number of fused-ring (bicyclic) bond motifs is 1. The van der Waals surface area contributed by atoms with Crippen LogP contribution in [0.4, 0.5) is 26.3 Å². The molecule has 0 radical (unpaired) electrons. The van der Waals surface area contributed by atoms with Crippen molar-refractivity contribution in [2.24, 2.45) is 4.99 Å². The van der Waals surface area contributed by atoms with E-state index in [2.05, 4.69) is 19.9 Å². The molecule has 0 bridgehead atoms. The zero-order chi connectivity index (χ0) is 29.4. The molecule has 0 saturated carbocycles. The first kappa shape index (κ1) is 29.1. The van der Waals surface area contributed by atoms with Gasteiger partial charge in [-0.15, -0.1) is 0 Å². The third-order valence-electron chi connectivity index (χ3n) is 6.89. The average Bonchev–Trinajstić information content (AvgIpc) is 3.49. The summed E-state index contributed by atoms with van der Waals surface area (Å²) < 4.78 is 86.3. The summed E-state index contributed by atoms with van der Waals surface area (Å²) in [5, 5.41) is 5.42. The van der Waals surface area contributed by atoms with Gasteiger partial charge >= 0.3 is 12.4 Å². The monoisotopic (exact) mass is 597 g/mol. The molecule has 0 spiro atoms. The standard InChI is InChI=1S/C27H25F6N5O2S/c1-40-11-10-36-6-8-37(9-7-36)25-35-24(39)23(41-25)13-17-2-5-22-19(12-17)15-34-38(22)16-18-3-4-20(26(28,29)30)14-21(18)27(31,32)33/h2-5,12-15H,6-11,16H2,1H3/b23-13-. The Bertz CT molecular complexity index is 1510. The lowest BCUT2D eigenvalue weighted by atomic mass is 10.0. The number of benzene rings is 2. The lowest BCUT2D eigenvalue weighted by Gasteiger charge is -2.35. The fraction of sp³-hybridized carbons (Fsp3) is 0.370. The van der Waals surface area contributed by atoms with Crippen LogP contribution in [0.5, 0.6) is 0 Å². The maximum atomic E-state index is 13.6. The van der Waals surface area contributed by atoms with Crippen LogP contribution in [0.1, 0.15) is 22.3 Å². The van der Waals surface area contributed by atoms with Crippen LogP contribution in [0.3, 0.4) is 0 Å². The molecule has 41 heavy (non-hydrogen) atoms. The van der Waals surface area contributed by atoms with E-state index in [0.717, 1.165) is 38.8 Å². The number of piperazine rings is 1. The Kier molecular flexibility index (Phi) is 8.17. The largest absolute Gasteiger partial charge is 0.416 e. The second-order valence-electron chi connectivity index (χ2n) is 9.62. The van der Waals surface area contributed by atoms with Crippen LogP contribution in [0.15, 0.2) is 52.5 Å². The van der Waals surface area contributed by atoms with Crippen LogP contribution in [-0.4, -0.2) is 77.1 Å². The number of hydrogen-bond donors (Lipinski definition) is 0. The Morgan fingerprint density at radius 1 is 1.00 bits per heavy atom. The number of amides is 1. The van der Waals surface area contributed by atoms with Crippen molar-refractivity contribution in [3.05, 3.63) is 69.8 Å². The van der Waals surface area contributed by atoms with Crippen molar-refractivity contribution in [3.63, 3.8) is 0 Å². The van der Waals surface area contributed by atoms with Crippen LogP contribution in [0, 0.1) is 0 Å². The minimum atomic E-state index is -4.97. The number of alkyl halides is 6. The molecular weight excluding hydrogens is 572 g/mol. The molecule has 7 nitrogen and oxygen atoms in total. The van der Waals surface area contributed by atoms with Gasteiger partial charge in [0.15, 0.2) is 5.17 Å². The lowest BCUT2D eigenvalue weighted by Crippen LogP contribution is -2.48. The van der Waals surface area contributed by atoms with E-state index in [4.69, 9.17) is 4.74 Å². The highest BCUT2D eigenvalue weighted by Crippen LogP contribution is 2.38. The predicted octanol–water partition coefficient (Wildman–Crippen LogP) is 5.36. The van der Waals surface area contributed by atoms with E-state index in [1.807, 2.05) is 0 Å². The van der Waals surface area contributed by atoms with E-state index in [-0.39, 0.29) is 24.1 Å². The summed E-state index contributed by atoms with van der Waals surface area (Å²) in [7, 11) is 1.67. The fourth-order valence-electron chi connectivity index (χ4n) is 4.71. The molecule has 0 atom stereocenters. The molecule has 218 valence electrons. The maximum absolute atomic E-state index is 13.6. The number of carbonyl (C=O) groups is 1. The molecule has 1 saturated heterocycles. The first-order chi connectivity index (χ1) is 19.4. The van der Waals surface area contributed by atoms with Gasteiger partial charge in [-0.1, -0.05) is 12.1 Å². The van der Waals surface area contributed by atoms with Gasteiger partial charge in [-0.05, 0) is 53.2 Å². The van der Waals surface area contributed by atoms with Crippen LogP contribution in [0.25, 0.3) is 17.0 Å². The summed E-state index contributed by atoms with van der Waals surface area (Å²) in [4.78, 5) is 21.6. The van der Waals surface area contributed by atoms with E-state index < -0.39 is 23.5 Å². The molecule has 0 N–H and O–H groups in total. The third-order valence-corrected chi connectivity index (χ3v) is 7.93. The smallest absolute Gasteiger partial charge is 0.383 e. The van der Waals surface area contributed by atoms with Crippen molar-refractivity contribution in [2.75, 3.05) is 46.4 Å². The number of methoxy groups -OCH3 is 1. The summed E-state index contributed by atoms with van der Waals surface area (Å²) >= 11 is 1.30. The number of hydrogen-bond acceptors (Lipinski definition) is 6. The number of aliphatic imine (C=N–C) groups is 1. The molecule has 1 aromatic heterocycles. The predicted molar refractivity (Wildman–Crippen MR) is 143 cm³/mol. The molecule has 1 fully saturated rings. The average molecular weight is 598 g/mol. The van der Waals surface area contributed by atoms with E-state index in [1.54, 1.807) is 31.4 Å². The highest BCUT2D eigenvalue weighted by Gasteiger charge is 2.38. The SMILES string of the molecule is COCCN1CCN(C2=NC(=O)/C(=C/c3ccc4c(cnn4Cc4ccc(C(F)(F)F)cc4C(F)(F)F)c3)S2)CC1. The molecule has 2 aliphatic rings. The molecule has 3 heterocycles. The first-order valence-electron chi connectivity index (χ1n) is 12.6. The molecule has 1 amide bonds. The van der Waals surface area contributed by atoms with Crippen molar-refractivity contribution < 1.29 is 35.9 Å². The molecule has 2 aromatic carbocycles. The van der Waals surface area contributed by atoms with Crippen molar-refractivity contribution in [2.45, 2.75) is 18.9 Å². The normalized spacial score (nSPS) is 18.1. The second-order valence-corrected chi connectivity index (χ2v) is 10.6. The quantitative estimate of drug-likeness (QED) is 0.282. The molecular formula is C27H25F6N5O2S. The zero-order valence-corrected chi connectivity index (χ0v) is 22.6. The van der Waals surface area contributed by atoms with Crippen molar-refractivity contribution >= 4 is 39.8 Å². The summed E-state index contributed by atoms with van der Waals surface area (Å²) in [6, 6.07) is 6.68. The highest BCUT2D eigenvalue weighted by molar-refractivity contribution is 8.18. The molecule has 3 aromatic rings. The number of carbonyl (C=O) groups excluding carboxylic acids is 1. The summed E-state index contributed by atoms with van der Waals surface area (Å²) in [6.07, 6.45) is -6.70. The Balaban J connectivity index is 1.30. The molecule has 0 aliphatic carbocycles. The number of thioether (sulfide) groups is 1. The van der Waals surface area contributed by atoms with E-state index in [9.17, 15) is 31.1 Å². The van der Waals surface area contributed by atoms with Crippen LogP contribution >= 0.6 is 11.8 Å². The molecule has 2 aliphatic heterocycles.